The van der Waals surface area contributed by atoms with Crippen LogP contribution in [-0.4, -0.2) is 36.1 Å². The number of nitrogens with zero attached hydrogens (tertiary/aromatic N) is 3. The van der Waals surface area contributed by atoms with Crippen molar-refractivity contribution in [1.82, 2.24) is 9.99 Å². The van der Waals surface area contributed by atoms with Crippen molar-refractivity contribution in [1.29, 1.82) is 0 Å². The van der Waals surface area contributed by atoms with Crippen LogP contribution in [0, 0.1) is 0 Å². The molecule has 0 fully saturated rings. The summed E-state index contributed by atoms with van der Waals surface area (Å²) in [6.45, 7) is 0. The first-order valence-corrected chi connectivity index (χ1v) is 4.50. The Labute approximate surface area is 92.0 Å². The molecule has 1 heterocycles. The normalized spacial score (nSPS) is 12.1. The van der Waals surface area contributed by atoms with Crippen molar-refractivity contribution in [2.75, 3.05) is 14.1 Å². The Morgan fingerprint density at radius 2 is 2.40 bits per heavy atom. The summed E-state index contributed by atoms with van der Waals surface area (Å²) in [5, 5.41) is 5.73. The molecule has 0 aliphatic heterocycles. The number of hydrazone groups is 1. The molecule has 1 aromatic rings. The summed E-state index contributed by atoms with van der Waals surface area (Å²) >= 11 is 5.54. The van der Waals surface area contributed by atoms with Crippen LogP contribution in [-0.2, 0) is 4.79 Å². The monoisotopic (exact) mass is 227 g/mol. The number of hydrogen-bond acceptors (Lipinski definition) is 5. The minimum atomic E-state index is 0.0379. The summed E-state index contributed by atoms with van der Waals surface area (Å²) in [4.78, 5) is 13.9. The summed E-state index contributed by atoms with van der Waals surface area (Å²) in [7, 11) is 3.51. The molecule has 0 aromatic carbocycles. The quantitative estimate of drug-likeness (QED) is 0.337. The van der Waals surface area contributed by atoms with Gasteiger partial charge in [-0.25, -0.2) is 4.98 Å². The zero-order valence-corrected chi connectivity index (χ0v) is 9.10. The lowest BCUT2D eigenvalue weighted by Gasteiger charge is -2.05. The standard InChI is InChI=1S/C9H10ClN3O2/c1-13(2)12-7(4-3-5-14)8-6-11-9(10)15-8/h3-6H,1-2H3/b4-3-,12-7+. The van der Waals surface area contributed by atoms with E-state index >= 15 is 0 Å². The number of carbonyl (C=O) groups excluding carboxylic acids is 1. The van der Waals surface area contributed by atoms with Crippen LogP contribution >= 0.6 is 11.6 Å². The van der Waals surface area contributed by atoms with Crippen LogP contribution in [0.3, 0.4) is 0 Å². The maximum atomic E-state index is 10.2. The first-order valence-electron chi connectivity index (χ1n) is 4.13. The molecular formula is C9H10ClN3O2. The van der Waals surface area contributed by atoms with Crippen molar-refractivity contribution >= 4 is 23.6 Å². The highest BCUT2D eigenvalue weighted by atomic mass is 35.5. The van der Waals surface area contributed by atoms with E-state index in [9.17, 15) is 4.79 Å². The molecular weight excluding hydrogens is 218 g/mol. The zero-order chi connectivity index (χ0) is 11.3. The van der Waals surface area contributed by atoms with Gasteiger partial charge in [0, 0.05) is 14.1 Å². The van der Waals surface area contributed by atoms with Gasteiger partial charge in [0.05, 0.1) is 6.20 Å². The number of aldehydes is 1. The Morgan fingerprint density at radius 3 is 2.87 bits per heavy atom. The second-order valence-electron chi connectivity index (χ2n) is 2.81. The number of rotatable bonds is 4. The van der Waals surface area contributed by atoms with Crippen molar-refractivity contribution in [2.24, 2.45) is 5.10 Å². The molecule has 0 amide bonds. The van der Waals surface area contributed by atoms with Crippen LogP contribution < -0.4 is 0 Å². The van der Waals surface area contributed by atoms with E-state index in [0.29, 0.717) is 17.8 Å². The molecule has 0 saturated carbocycles. The average Bonchev–Trinajstić information content (AvgIpc) is 2.58. The van der Waals surface area contributed by atoms with Crippen molar-refractivity contribution in [3.63, 3.8) is 0 Å². The van der Waals surface area contributed by atoms with Gasteiger partial charge in [-0.05, 0) is 23.8 Å². The van der Waals surface area contributed by atoms with Crippen LogP contribution in [0.1, 0.15) is 5.76 Å². The predicted molar refractivity (Wildman–Crippen MR) is 56.9 cm³/mol. The fourth-order valence-corrected chi connectivity index (χ4v) is 1.01. The second-order valence-corrected chi connectivity index (χ2v) is 3.13. The number of allylic oxidation sites excluding steroid dienone is 2. The first-order chi connectivity index (χ1) is 7.13. The number of halogens is 1. The van der Waals surface area contributed by atoms with Gasteiger partial charge in [0.15, 0.2) is 5.76 Å². The number of carbonyl (C=O) groups is 1. The maximum absolute atomic E-state index is 10.2. The third kappa shape index (κ3) is 3.55. The third-order valence-electron chi connectivity index (χ3n) is 1.37. The Morgan fingerprint density at radius 1 is 1.67 bits per heavy atom. The van der Waals surface area contributed by atoms with E-state index in [1.54, 1.807) is 19.1 Å². The minimum absolute atomic E-state index is 0.0379. The average molecular weight is 228 g/mol. The van der Waals surface area contributed by atoms with E-state index in [1.165, 1.54) is 18.3 Å². The lowest BCUT2D eigenvalue weighted by Crippen LogP contribution is -2.07. The van der Waals surface area contributed by atoms with Crippen molar-refractivity contribution in [3.8, 4) is 0 Å². The molecule has 0 saturated heterocycles. The summed E-state index contributed by atoms with van der Waals surface area (Å²) in [6, 6.07) is 0. The molecule has 1 rings (SSSR count). The summed E-state index contributed by atoms with van der Waals surface area (Å²) in [6.07, 6.45) is 4.94. The first kappa shape index (κ1) is 11.5. The van der Waals surface area contributed by atoms with Gasteiger partial charge in [-0.15, -0.1) is 0 Å². The topological polar surface area (TPSA) is 58.7 Å². The van der Waals surface area contributed by atoms with Crippen LogP contribution in [0.15, 0.2) is 27.9 Å². The Hall–Kier alpha value is -1.62. The molecule has 6 heteroatoms. The fourth-order valence-electron chi connectivity index (χ4n) is 0.882. The van der Waals surface area contributed by atoms with Crippen molar-refractivity contribution in [3.05, 3.63) is 29.5 Å². The SMILES string of the molecule is CN(C)/N=C(\C=C/C=O)c1cnc(Cl)o1. The number of oxazole rings is 1. The highest BCUT2D eigenvalue weighted by molar-refractivity contribution is 6.27. The Bertz CT molecular complexity index is 396. The Balaban J connectivity index is 3.01. The number of aromatic nitrogens is 1. The van der Waals surface area contributed by atoms with Crippen LogP contribution in [0.2, 0.25) is 5.35 Å². The zero-order valence-electron chi connectivity index (χ0n) is 8.35. The van der Waals surface area contributed by atoms with Gasteiger partial charge >= 0.3 is 0 Å². The molecule has 0 radical (unpaired) electrons. The second kappa shape index (κ2) is 5.31. The highest BCUT2D eigenvalue weighted by Crippen LogP contribution is 2.10. The van der Waals surface area contributed by atoms with E-state index in [0.717, 1.165) is 0 Å². The van der Waals surface area contributed by atoms with Crippen molar-refractivity contribution < 1.29 is 9.21 Å². The van der Waals surface area contributed by atoms with Gasteiger partial charge in [0.25, 0.3) is 5.35 Å². The molecule has 80 valence electrons. The van der Waals surface area contributed by atoms with Crippen molar-refractivity contribution in [2.45, 2.75) is 0 Å². The lowest BCUT2D eigenvalue weighted by molar-refractivity contribution is -0.104. The smallest absolute Gasteiger partial charge is 0.292 e. The van der Waals surface area contributed by atoms with Gasteiger partial charge in [0.1, 0.15) is 12.0 Å². The van der Waals surface area contributed by atoms with Crippen LogP contribution in [0.4, 0.5) is 0 Å². The Kier molecular flexibility index (Phi) is 4.05. The van der Waals surface area contributed by atoms with Gasteiger partial charge in [-0.2, -0.15) is 5.10 Å². The lowest BCUT2D eigenvalue weighted by atomic mass is 10.3. The maximum Gasteiger partial charge on any atom is 0.292 e. The predicted octanol–water partition coefficient (Wildman–Crippen LogP) is 1.35. The van der Waals surface area contributed by atoms with Gasteiger partial charge in [-0.1, -0.05) is 0 Å². The molecule has 0 atom stereocenters. The molecule has 0 aliphatic rings. The van der Waals surface area contributed by atoms with Crippen LogP contribution in [0.25, 0.3) is 0 Å². The van der Waals surface area contributed by atoms with E-state index in [4.69, 9.17) is 16.0 Å². The summed E-state index contributed by atoms with van der Waals surface area (Å²) in [5.74, 6) is 0.409. The summed E-state index contributed by atoms with van der Waals surface area (Å²) in [5.41, 5.74) is 0.478. The number of hydrogen-bond donors (Lipinski definition) is 0. The largest absolute Gasteiger partial charge is 0.426 e. The molecule has 1 aromatic heterocycles. The molecule has 0 spiro atoms. The van der Waals surface area contributed by atoms with Gasteiger partial charge < -0.3 is 9.43 Å². The van der Waals surface area contributed by atoms with E-state index < -0.39 is 0 Å². The highest BCUT2D eigenvalue weighted by Gasteiger charge is 2.07. The van der Waals surface area contributed by atoms with E-state index in [-0.39, 0.29) is 5.35 Å². The summed E-state index contributed by atoms with van der Waals surface area (Å²) < 4.78 is 5.07. The molecule has 15 heavy (non-hydrogen) atoms. The molecule has 0 N–H and O–H groups in total. The molecule has 0 unspecified atom stereocenters. The van der Waals surface area contributed by atoms with Gasteiger partial charge in [0.2, 0.25) is 0 Å². The molecule has 5 nitrogen and oxygen atoms in total. The molecule has 0 aliphatic carbocycles. The van der Waals surface area contributed by atoms with E-state index in [1.807, 2.05) is 0 Å². The fraction of sp³-hybridized carbons (Fsp3) is 0.222. The van der Waals surface area contributed by atoms with Gasteiger partial charge in [-0.3, -0.25) is 4.79 Å². The molecule has 0 bridgehead atoms. The van der Waals surface area contributed by atoms with E-state index in [2.05, 4.69) is 10.1 Å². The minimum Gasteiger partial charge on any atom is -0.426 e. The third-order valence-corrected chi connectivity index (χ3v) is 1.55. The van der Waals surface area contributed by atoms with Crippen LogP contribution in [0.5, 0.6) is 0 Å².